The third-order valence-corrected chi connectivity index (χ3v) is 11.0. The molecule has 248 valence electrons. The minimum atomic E-state index is -4.42. The van der Waals surface area contributed by atoms with Gasteiger partial charge in [0.15, 0.2) is 9.84 Å². The standard InChI is InChI=1S/C34H40F3N3O5S/c1-3-46(43,44)29-11-6-24(7-12-29)32(20-41)31-17-27(10-13-30(31)33(38)42)40-18-25(23-4-8-26(9-5-23)34(35,36)37)16-28(40)19-39-14-15-45-21-22(39)2/h4-13,17,22,25,28,32,41H,3,14-16,18-21H2,1-2H3,(H2,38,42)/t22?,25?,28-,32+/m0/s1. The number of primary amides is 1. The van der Waals surface area contributed by atoms with Crippen LogP contribution >= 0.6 is 0 Å². The molecule has 0 spiro atoms. The lowest BCUT2D eigenvalue weighted by molar-refractivity contribution is -0.137. The molecule has 4 atom stereocenters. The van der Waals surface area contributed by atoms with Gasteiger partial charge < -0.3 is 20.5 Å². The molecule has 0 bridgehead atoms. The van der Waals surface area contributed by atoms with Crippen LogP contribution in [-0.2, 0) is 20.8 Å². The molecule has 2 fully saturated rings. The monoisotopic (exact) mass is 659 g/mol. The van der Waals surface area contributed by atoms with Gasteiger partial charge in [-0.1, -0.05) is 31.2 Å². The van der Waals surface area contributed by atoms with Crippen LogP contribution in [0.15, 0.2) is 71.6 Å². The van der Waals surface area contributed by atoms with Gasteiger partial charge in [0.2, 0.25) is 5.91 Å². The molecule has 2 heterocycles. The second-order valence-electron chi connectivity index (χ2n) is 12.1. The van der Waals surface area contributed by atoms with Gasteiger partial charge in [-0.2, -0.15) is 13.2 Å². The van der Waals surface area contributed by atoms with E-state index in [0.717, 1.165) is 29.9 Å². The number of carbonyl (C=O) groups is 1. The Kier molecular flexibility index (Phi) is 10.1. The molecule has 3 N–H and O–H groups in total. The highest BCUT2D eigenvalue weighted by atomic mass is 32.2. The molecule has 0 aliphatic carbocycles. The van der Waals surface area contributed by atoms with Gasteiger partial charge in [0, 0.05) is 54.8 Å². The Balaban J connectivity index is 1.51. The Morgan fingerprint density at radius 2 is 1.78 bits per heavy atom. The number of aliphatic hydroxyl groups excluding tert-OH is 1. The smallest absolute Gasteiger partial charge is 0.395 e. The summed E-state index contributed by atoms with van der Waals surface area (Å²) in [6.45, 7) is 6.57. The van der Waals surface area contributed by atoms with Gasteiger partial charge >= 0.3 is 6.18 Å². The number of halogens is 3. The third-order valence-electron chi connectivity index (χ3n) is 9.29. The summed E-state index contributed by atoms with van der Waals surface area (Å²) < 4.78 is 70.2. The number of hydrogen-bond acceptors (Lipinski definition) is 7. The van der Waals surface area contributed by atoms with E-state index in [2.05, 4.69) is 16.7 Å². The average molecular weight is 660 g/mol. The summed E-state index contributed by atoms with van der Waals surface area (Å²) in [5.41, 5.74) is 8.08. The molecule has 0 saturated carbocycles. The van der Waals surface area contributed by atoms with Gasteiger partial charge in [0.1, 0.15) is 0 Å². The summed E-state index contributed by atoms with van der Waals surface area (Å²) in [6, 6.07) is 17.2. The number of aliphatic hydroxyl groups is 1. The average Bonchev–Trinajstić information content (AvgIpc) is 3.46. The minimum Gasteiger partial charge on any atom is -0.395 e. The fraction of sp³-hybridized carbons (Fsp3) is 0.441. The van der Waals surface area contributed by atoms with E-state index in [0.29, 0.717) is 43.9 Å². The van der Waals surface area contributed by atoms with E-state index < -0.39 is 33.4 Å². The van der Waals surface area contributed by atoms with Crippen molar-refractivity contribution < 1.29 is 36.2 Å². The number of nitrogens with zero attached hydrogens (tertiary/aromatic N) is 2. The molecule has 2 saturated heterocycles. The molecule has 3 aromatic carbocycles. The van der Waals surface area contributed by atoms with Crippen LogP contribution < -0.4 is 10.6 Å². The van der Waals surface area contributed by atoms with Crippen LogP contribution in [0, 0.1) is 0 Å². The second kappa shape index (κ2) is 13.7. The van der Waals surface area contributed by atoms with Crippen molar-refractivity contribution in [3.05, 3.63) is 94.5 Å². The number of rotatable bonds is 10. The topological polar surface area (TPSA) is 113 Å². The Hall–Kier alpha value is -3.45. The van der Waals surface area contributed by atoms with Gasteiger partial charge in [-0.25, -0.2) is 8.42 Å². The molecule has 12 heteroatoms. The number of sulfone groups is 1. The van der Waals surface area contributed by atoms with Crippen LogP contribution in [0.4, 0.5) is 18.9 Å². The third kappa shape index (κ3) is 7.25. The van der Waals surface area contributed by atoms with Crippen molar-refractivity contribution in [3.63, 3.8) is 0 Å². The number of anilines is 1. The van der Waals surface area contributed by atoms with Crippen molar-refractivity contribution >= 4 is 21.4 Å². The van der Waals surface area contributed by atoms with Crippen molar-refractivity contribution in [1.82, 2.24) is 4.90 Å². The van der Waals surface area contributed by atoms with Crippen molar-refractivity contribution in [2.45, 2.75) is 55.3 Å². The lowest BCUT2D eigenvalue weighted by atomic mass is 9.88. The van der Waals surface area contributed by atoms with Crippen molar-refractivity contribution in [2.75, 3.05) is 50.1 Å². The fourth-order valence-electron chi connectivity index (χ4n) is 6.59. The van der Waals surface area contributed by atoms with Gasteiger partial charge in [-0.15, -0.1) is 0 Å². The summed E-state index contributed by atoms with van der Waals surface area (Å²) in [6.07, 6.45) is -3.71. The quantitative estimate of drug-likeness (QED) is 0.322. The summed E-state index contributed by atoms with van der Waals surface area (Å²) in [7, 11) is -3.42. The van der Waals surface area contributed by atoms with Crippen LogP contribution in [0.1, 0.15) is 64.7 Å². The van der Waals surface area contributed by atoms with Gasteiger partial charge in [0.25, 0.3) is 0 Å². The van der Waals surface area contributed by atoms with E-state index in [4.69, 9.17) is 10.5 Å². The molecule has 0 radical (unpaired) electrons. The van der Waals surface area contributed by atoms with Crippen molar-refractivity contribution in [2.24, 2.45) is 5.73 Å². The molecule has 5 rings (SSSR count). The van der Waals surface area contributed by atoms with Gasteiger partial charge in [-0.05, 0) is 72.5 Å². The molecule has 2 unspecified atom stereocenters. The van der Waals surface area contributed by atoms with Crippen LogP contribution in [0.3, 0.4) is 0 Å². The Labute approximate surface area is 267 Å². The first-order valence-electron chi connectivity index (χ1n) is 15.4. The summed E-state index contributed by atoms with van der Waals surface area (Å²) >= 11 is 0. The maximum absolute atomic E-state index is 13.3. The van der Waals surface area contributed by atoms with Crippen LogP contribution in [0.2, 0.25) is 0 Å². The van der Waals surface area contributed by atoms with Crippen LogP contribution in [0.5, 0.6) is 0 Å². The SMILES string of the molecule is CCS(=O)(=O)c1ccc([C@@H](CO)c2cc(N3CC(c4ccc(C(F)(F)F)cc4)C[C@H]3CN3CCOCC3C)ccc2C(N)=O)cc1. The Morgan fingerprint density at radius 1 is 1.09 bits per heavy atom. The van der Waals surface area contributed by atoms with E-state index >= 15 is 0 Å². The van der Waals surface area contributed by atoms with E-state index in [1.54, 1.807) is 37.3 Å². The predicted molar refractivity (Wildman–Crippen MR) is 170 cm³/mol. The zero-order chi connectivity index (χ0) is 33.2. The highest BCUT2D eigenvalue weighted by Gasteiger charge is 2.37. The first-order chi connectivity index (χ1) is 21.8. The largest absolute Gasteiger partial charge is 0.416 e. The predicted octanol–water partition coefficient (Wildman–Crippen LogP) is 4.81. The molecule has 3 aromatic rings. The van der Waals surface area contributed by atoms with E-state index in [9.17, 15) is 31.5 Å². The van der Waals surface area contributed by atoms with E-state index in [1.165, 1.54) is 12.1 Å². The molecule has 8 nitrogen and oxygen atoms in total. The number of ether oxygens (including phenoxy) is 1. The molecule has 1 amide bonds. The van der Waals surface area contributed by atoms with Crippen molar-refractivity contribution in [1.29, 1.82) is 0 Å². The number of morpholine rings is 1. The van der Waals surface area contributed by atoms with E-state index in [1.807, 2.05) is 12.1 Å². The molecule has 2 aliphatic heterocycles. The zero-order valence-electron chi connectivity index (χ0n) is 25.9. The van der Waals surface area contributed by atoms with Crippen LogP contribution in [0.25, 0.3) is 0 Å². The number of carbonyl (C=O) groups excluding carboxylic acids is 1. The highest BCUT2D eigenvalue weighted by Crippen LogP contribution is 2.39. The normalized spacial score (nSPS) is 21.8. The lowest BCUT2D eigenvalue weighted by Crippen LogP contribution is -2.49. The first kappa shape index (κ1) is 33.9. The number of nitrogens with two attached hydrogens (primary N) is 1. The minimum absolute atomic E-state index is 0.00577. The lowest BCUT2D eigenvalue weighted by Gasteiger charge is -2.38. The number of amides is 1. The van der Waals surface area contributed by atoms with Crippen molar-refractivity contribution in [3.8, 4) is 0 Å². The number of benzene rings is 3. The summed E-state index contributed by atoms with van der Waals surface area (Å²) in [5.74, 6) is -1.40. The molecular weight excluding hydrogens is 619 g/mol. The number of alkyl halides is 3. The van der Waals surface area contributed by atoms with Gasteiger partial charge in [0.05, 0.1) is 36.0 Å². The maximum atomic E-state index is 13.3. The molecule has 46 heavy (non-hydrogen) atoms. The fourth-order valence-corrected chi connectivity index (χ4v) is 7.48. The molecular formula is C34H40F3N3O5S. The number of hydrogen-bond donors (Lipinski definition) is 2. The maximum Gasteiger partial charge on any atom is 0.416 e. The first-order valence-corrected chi connectivity index (χ1v) is 17.1. The molecule has 2 aliphatic rings. The molecule has 0 aromatic heterocycles. The van der Waals surface area contributed by atoms with Crippen LogP contribution in [-0.4, -0.2) is 81.6 Å². The summed E-state index contributed by atoms with van der Waals surface area (Å²) in [4.78, 5) is 17.3. The highest BCUT2D eigenvalue weighted by molar-refractivity contribution is 7.91. The zero-order valence-corrected chi connectivity index (χ0v) is 26.7. The Bertz CT molecular complexity index is 1630. The summed E-state index contributed by atoms with van der Waals surface area (Å²) in [5, 5.41) is 10.6. The second-order valence-corrected chi connectivity index (χ2v) is 14.4. The van der Waals surface area contributed by atoms with Gasteiger partial charge in [-0.3, -0.25) is 9.69 Å². The van der Waals surface area contributed by atoms with E-state index in [-0.39, 0.29) is 40.8 Å². The Morgan fingerprint density at radius 3 is 2.37 bits per heavy atom.